The molecule has 3 saturated heterocycles. The van der Waals surface area contributed by atoms with Crippen molar-refractivity contribution >= 4 is 79.1 Å². The fraction of sp³-hybridized carbons (Fsp3) is 0.475. The molecule has 0 unspecified atom stereocenters. The first-order valence-electron chi connectivity index (χ1n) is 30.2. The minimum absolute atomic E-state index is 0.000648. The average molecular weight is 1500 g/mol. The number of aliphatic hydroxyl groups excluding tert-OH is 6. The Balaban J connectivity index is 0.000000168. The quantitative estimate of drug-likeness (QED) is 0.0435. The number of imidazole rings is 3. The van der Waals surface area contributed by atoms with Crippen LogP contribution in [0.4, 0.5) is 40.2 Å². The van der Waals surface area contributed by atoms with Gasteiger partial charge in [-0.1, -0.05) is 33.7 Å². The van der Waals surface area contributed by atoms with Crippen LogP contribution in [0.2, 0.25) is 0 Å². The lowest BCUT2D eigenvalue weighted by atomic mass is 9.99. The van der Waals surface area contributed by atoms with Gasteiger partial charge in [-0.3, -0.25) is 23.9 Å². The van der Waals surface area contributed by atoms with E-state index in [2.05, 4.69) is 98.0 Å². The average Bonchev–Trinajstić information content (AvgIpc) is 1.60. The highest BCUT2D eigenvalue weighted by atomic mass is 79.9. The number of hydrogen-bond acceptors (Lipinski definition) is 32. The molecule has 37 nitrogen and oxygen atoms in total. The van der Waals surface area contributed by atoms with E-state index in [-0.39, 0.29) is 99.8 Å². The molecule has 0 bridgehead atoms. The summed E-state index contributed by atoms with van der Waals surface area (Å²) in [6.07, 6.45) is 8.91. The lowest BCUT2D eigenvalue weighted by Gasteiger charge is -2.26. The molecule has 8 N–H and O–H groups in total. The van der Waals surface area contributed by atoms with E-state index in [9.17, 15) is 67.8 Å². The predicted octanol–water partition coefficient (Wildman–Crippen LogP) is 3.87. The highest BCUT2D eigenvalue weighted by molar-refractivity contribution is 9.08. The van der Waals surface area contributed by atoms with Gasteiger partial charge >= 0.3 is 47.9 Å². The Bertz CT molecular complexity index is 4890. The van der Waals surface area contributed by atoms with Crippen molar-refractivity contribution in [3.8, 4) is 37.0 Å². The number of nitrogens with zero attached hydrogens (tertiary/aromatic N) is 13. The highest BCUT2D eigenvalue weighted by Gasteiger charge is 2.50. The minimum atomic E-state index is -1.66. The van der Waals surface area contributed by atoms with Gasteiger partial charge in [-0.15, -0.1) is 19.3 Å². The summed E-state index contributed by atoms with van der Waals surface area (Å²) in [6.45, 7) is 12.4. The fourth-order valence-corrected chi connectivity index (χ4v) is 10.7. The maximum absolute atomic E-state index is 14.7. The number of fused-ring (bicyclic) bond motifs is 3. The molecule has 0 saturated carbocycles. The molecule has 544 valence electrons. The molecular weight excluding hydrogens is 1430 g/mol. The first-order valence-corrected chi connectivity index (χ1v) is 31.3. The summed E-state index contributed by atoms with van der Waals surface area (Å²) in [7, 11) is 0. The van der Waals surface area contributed by atoms with Crippen molar-refractivity contribution in [2.45, 2.75) is 165 Å². The Morgan fingerprint density at radius 1 is 0.588 bits per heavy atom. The smallest absolute Gasteiger partial charge is 0.444 e. The van der Waals surface area contributed by atoms with Crippen LogP contribution < -0.4 is 33.0 Å². The van der Waals surface area contributed by atoms with Crippen LogP contribution in [0.15, 0.2) is 59.9 Å². The normalized spacial score (nSPS) is 22.4. The molecule has 9 aromatic rings. The second kappa shape index (κ2) is 30.0. The maximum Gasteiger partial charge on any atom is 0.519 e. The van der Waals surface area contributed by atoms with Crippen molar-refractivity contribution < 1.29 is 104 Å². The molecule has 0 radical (unpaired) electrons. The van der Waals surface area contributed by atoms with Crippen LogP contribution in [0.3, 0.4) is 0 Å². The molecule has 41 heteroatoms. The summed E-state index contributed by atoms with van der Waals surface area (Å²) >= 11 is 3.13. The number of nitrogens with one attached hydrogen (secondary N) is 2. The molecule has 9 aromatic heterocycles. The number of terminal acetylenes is 3. The standard InChI is InChI=1S/C22H24FN5O8.C17H16FN5O6.C17H20FN5O5.C5H5BrO3/c1-6-22(9-29)13(30)7-14(35-22)28-10-24-15-16(25-18(23)26-17(15)28)27(19(31)36-21(3,4)5)8-12-11(2)33-20(32)34-12;1-3-17(6-24)10(25)4-11(29-17)23-7-20-12-13(21-15(18)22-14(12)23)19-5-9-8(2)27-16(26)28-9;1-5-17(7-24)9(25)6-10(27-17)23-8-19-11-12(20-14(18)22-13(11)23)21-15(26)28-16(2,3)4;1-3-4(2-6)9-5(7)8-3/h1,10,13-14,29-30H,7-9H2,2-5H3;1,7,10-11,24-25H,4-6H2,2H3,(H,19,21,22);1,8-10,24-25H,6-7H2,2-4H3,(H,20,21,22,26);2H2,1H3/t13-,14+,22+;10-,11+,17+;9-,10+,17+;/m000./s1. The molecule has 2 amide bonds. The first-order chi connectivity index (χ1) is 48.1. The van der Waals surface area contributed by atoms with E-state index in [0.717, 1.165) is 4.90 Å². The van der Waals surface area contributed by atoms with Gasteiger partial charge in [0.1, 0.15) is 65.5 Å². The van der Waals surface area contributed by atoms with E-state index in [4.69, 9.17) is 60.6 Å². The number of aryl methyl sites for hydroxylation is 3. The Morgan fingerprint density at radius 2 is 0.961 bits per heavy atom. The largest absolute Gasteiger partial charge is 0.519 e. The zero-order chi connectivity index (χ0) is 74.7. The molecule has 102 heavy (non-hydrogen) atoms. The molecule has 3 aliphatic heterocycles. The monoisotopic (exact) mass is 1500 g/mol. The number of hydrogen-bond donors (Lipinski definition) is 8. The molecule has 12 rings (SSSR count). The SMILES string of the molecule is C#C[C@]1(CO)O[C@@H](n2cnc3c(N(Cc4oc(=O)oc4C)C(=O)OC(C)(C)C)nc(F)nc32)C[C@@H]1O.C#C[C@]1(CO)O[C@@H](n2cnc3c(NC(=O)OC(C)(C)C)nc(F)nc32)C[C@@H]1O.C#C[C@]1(CO)O[C@@H](n2cnc3c(NCc4oc(=O)oc4C)nc(F)nc32)C[C@@H]1O.Cc1oc(=O)oc1CBr. The number of aliphatic hydroxyl groups is 6. The van der Waals surface area contributed by atoms with Gasteiger partial charge in [-0.25, -0.2) is 38.9 Å². The summed E-state index contributed by atoms with van der Waals surface area (Å²) in [5, 5.41) is 65.1. The highest BCUT2D eigenvalue weighted by Crippen LogP contribution is 2.41. The van der Waals surface area contributed by atoms with Gasteiger partial charge in [0.15, 0.2) is 85.0 Å². The number of alkyl halides is 1. The Hall–Kier alpha value is -10.4. The van der Waals surface area contributed by atoms with Gasteiger partial charge in [0, 0.05) is 19.3 Å². The van der Waals surface area contributed by atoms with Crippen LogP contribution >= 0.6 is 15.9 Å². The Kier molecular flexibility index (Phi) is 22.3. The Morgan fingerprint density at radius 3 is 1.32 bits per heavy atom. The summed E-state index contributed by atoms with van der Waals surface area (Å²) in [5.41, 5.74) is -6.18. The van der Waals surface area contributed by atoms with Gasteiger partial charge in [-0.05, 0) is 62.3 Å². The van der Waals surface area contributed by atoms with Gasteiger partial charge in [0.25, 0.3) is 0 Å². The van der Waals surface area contributed by atoms with E-state index in [1.54, 1.807) is 55.4 Å². The van der Waals surface area contributed by atoms with Crippen molar-refractivity contribution in [3.63, 3.8) is 0 Å². The second-order valence-electron chi connectivity index (χ2n) is 24.5. The lowest BCUT2D eigenvalue weighted by molar-refractivity contribution is -0.0892. The van der Waals surface area contributed by atoms with E-state index in [1.165, 1.54) is 39.6 Å². The molecule has 0 spiro atoms. The number of ether oxygens (including phenoxy) is 5. The van der Waals surface area contributed by atoms with Crippen molar-refractivity contribution in [2.75, 3.05) is 35.4 Å². The van der Waals surface area contributed by atoms with Gasteiger partial charge < -0.3 is 86.1 Å². The second-order valence-corrected chi connectivity index (χ2v) is 25.1. The maximum atomic E-state index is 14.7. The topological polar surface area (TPSA) is 490 Å². The van der Waals surface area contributed by atoms with Gasteiger partial charge in [-0.2, -0.15) is 43.1 Å². The van der Waals surface area contributed by atoms with Crippen molar-refractivity contribution in [1.82, 2.24) is 58.6 Å². The van der Waals surface area contributed by atoms with Crippen LogP contribution in [-0.2, 0) is 42.1 Å². The van der Waals surface area contributed by atoms with E-state index in [0.29, 0.717) is 16.9 Å². The van der Waals surface area contributed by atoms with E-state index >= 15 is 0 Å². The zero-order valence-corrected chi connectivity index (χ0v) is 56.9. The molecule has 12 heterocycles. The predicted molar refractivity (Wildman–Crippen MR) is 342 cm³/mol. The van der Waals surface area contributed by atoms with Crippen LogP contribution in [0, 0.1) is 76.0 Å². The summed E-state index contributed by atoms with van der Waals surface area (Å²) in [6, 6.07) is 0. The summed E-state index contributed by atoms with van der Waals surface area (Å²) < 4.78 is 103. The number of carbonyl (C=O) groups excluding carboxylic acids is 2. The number of anilines is 3. The van der Waals surface area contributed by atoms with Crippen LogP contribution in [0.1, 0.15) is 114 Å². The van der Waals surface area contributed by atoms with E-state index in [1.807, 2.05) is 0 Å². The minimum Gasteiger partial charge on any atom is -0.444 e. The third kappa shape index (κ3) is 16.2. The number of amides is 2. The number of carbonyl (C=O) groups is 2. The van der Waals surface area contributed by atoms with Crippen molar-refractivity contribution in [1.29, 1.82) is 0 Å². The van der Waals surface area contributed by atoms with Gasteiger partial charge in [0.2, 0.25) is 0 Å². The molecule has 9 atom stereocenters. The van der Waals surface area contributed by atoms with Crippen LogP contribution in [-0.4, -0.2) is 168 Å². The first kappa shape index (κ1) is 75.8. The molecule has 3 fully saturated rings. The number of aromatic nitrogens is 12. The third-order valence-electron chi connectivity index (χ3n) is 15.3. The van der Waals surface area contributed by atoms with Crippen LogP contribution in [0.5, 0.6) is 0 Å². The summed E-state index contributed by atoms with van der Waals surface area (Å²) in [4.78, 5) is 93.8. The van der Waals surface area contributed by atoms with E-state index < -0.39 is 139 Å². The van der Waals surface area contributed by atoms with Gasteiger partial charge in [0.05, 0.1) is 57.2 Å². The molecule has 0 aromatic carbocycles. The van der Waals surface area contributed by atoms with Crippen molar-refractivity contribution in [2.24, 2.45) is 0 Å². The Labute approximate surface area is 580 Å². The number of halogens is 4. The fourth-order valence-electron chi connectivity index (χ4n) is 10.2. The van der Waals surface area contributed by atoms with Crippen LogP contribution in [0.25, 0.3) is 33.5 Å². The summed E-state index contributed by atoms with van der Waals surface area (Å²) in [5.74, 6) is 5.59. The number of rotatable bonds is 14. The molecule has 0 aliphatic carbocycles. The lowest BCUT2D eigenvalue weighted by Crippen LogP contribution is -2.41. The molecule has 3 aliphatic rings. The molecular formula is C61H65BrF3N15O22. The zero-order valence-electron chi connectivity index (χ0n) is 55.3. The third-order valence-corrected chi connectivity index (χ3v) is 15.8. The van der Waals surface area contributed by atoms with Crippen molar-refractivity contribution in [3.05, 3.63) is 104 Å².